The largest absolute Gasteiger partial charge is 0.465 e. The zero-order chi connectivity index (χ0) is 48.8. The number of ether oxygens (including phenoxy) is 9. The van der Waals surface area contributed by atoms with Crippen LogP contribution in [-0.2, 0) is 66.6 Å². The molecular formula is C47H50N2O18. The molecule has 2 aliphatic carbocycles. The average molecular weight is 931 g/mol. The van der Waals surface area contributed by atoms with Crippen molar-refractivity contribution in [1.82, 2.24) is 9.97 Å². The Morgan fingerprint density at radius 2 is 1.33 bits per heavy atom. The fourth-order valence-corrected chi connectivity index (χ4v) is 10.3. The number of benzene rings is 1. The van der Waals surface area contributed by atoms with Crippen molar-refractivity contribution < 1.29 is 86.1 Å². The van der Waals surface area contributed by atoms with Crippen LogP contribution in [0.15, 0.2) is 73.2 Å². The first kappa shape index (κ1) is 48.1. The molecule has 4 unspecified atom stereocenters. The minimum Gasteiger partial charge on any atom is -0.465 e. The van der Waals surface area contributed by atoms with E-state index in [0.29, 0.717) is 0 Å². The molecule has 7 rings (SSSR count). The van der Waals surface area contributed by atoms with Crippen molar-refractivity contribution in [3.8, 4) is 0 Å². The van der Waals surface area contributed by atoms with Gasteiger partial charge in [-0.1, -0.05) is 32.0 Å². The molecule has 2 aliphatic heterocycles. The van der Waals surface area contributed by atoms with Crippen molar-refractivity contribution in [2.75, 3.05) is 13.2 Å². The molecule has 1 saturated heterocycles. The first-order valence-electron chi connectivity index (χ1n) is 21.4. The summed E-state index contributed by atoms with van der Waals surface area (Å²) in [5, 5.41) is 13.9. The highest BCUT2D eigenvalue weighted by Gasteiger charge is 2.92. The molecule has 356 valence electrons. The van der Waals surface area contributed by atoms with Gasteiger partial charge in [0.05, 0.1) is 34.2 Å². The first-order chi connectivity index (χ1) is 31.6. The quantitative estimate of drug-likeness (QED) is 0.239. The molecule has 1 aromatic carbocycles. The number of pyridine rings is 2. The lowest BCUT2D eigenvalue weighted by atomic mass is 9.45. The van der Waals surface area contributed by atoms with E-state index in [4.69, 9.17) is 42.6 Å². The molecule has 0 amide bonds. The average Bonchev–Trinajstić information content (AvgIpc) is 3.51. The van der Waals surface area contributed by atoms with E-state index in [1.54, 1.807) is 13.0 Å². The summed E-state index contributed by atoms with van der Waals surface area (Å²) in [6, 6.07) is 13.2. The van der Waals surface area contributed by atoms with E-state index < -0.39 is 138 Å². The highest BCUT2D eigenvalue weighted by atomic mass is 16.7. The lowest BCUT2D eigenvalue weighted by Gasteiger charge is -2.67. The Bertz CT molecular complexity index is 2460. The number of cyclic esters (lactones) is 1. The van der Waals surface area contributed by atoms with Crippen LogP contribution in [0.1, 0.15) is 98.1 Å². The second-order valence-corrected chi connectivity index (χ2v) is 17.5. The van der Waals surface area contributed by atoms with Crippen LogP contribution in [0.3, 0.4) is 0 Å². The summed E-state index contributed by atoms with van der Waals surface area (Å²) in [6.45, 7) is 7.58. The van der Waals surface area contributed by atoms with Crippen molar-refractivity contribution in [2.45, 2.75) is 115 Å². The fourth-order valence-electron chi connectivity index (χ4n) is 10.3. The molecule has 67 heavy (non-hydrogen) atoms. The summed E-state index contributed by atoms with van der Waals surface area (Å²) in [4.78, 5) is 120. The summed E-state index contributed by atoms with van der Waals surface area (Å²) >= 11 is 0. The van der Waals surface area contributed by atoms with Gasteiger partial charge in [0.25, 0.3) is 0 Å². The van der Waals surface area contributed by atoms with Gasteiger partial charge in [0.2, 0.25) is 0 Å². The van der Waals surface area contributed by atoms with Gasteiger partial charge in [0.1, 0.15) is 42.0 Å². The summed E-state index contributed by atoms with van der Waals surface area (Å²) < 4.78 is 56.4. The molecule has 3 fully saturated rings. The van der Waals surface area contributed by atoms with Crippen molar-refractivity contribution in [1.29, 1.82) is 0 Å². The standard InChI is InChI=1S/C47H50N2O18/c1-23-24(2)40(54)66-37-35(64-42(56)30-16-12-18-48-20-30)39(63-28(6)53)46(22-59-25(3)50)38(62-27(5)52)34(61-26(4)51)32-36(65-41(55)29-14-10-9-11-15-29)47(46,45(37,8)58)67-44(32,7)21-60-43(57)31-17-13-19-49-33(23)31/h9-20,23-24,32,34-39,58H,21-22H2,1-8H3/t23?,24?,32?,34?,35-,36+,37-,38+,39-,44-,45-,46+,47-/m0/s1. The van der Waals surface area contributed by atoms with Gasteiger partial charge in [-0.05, 0) is 50.2 Å². The van der Waals surface area contributed by atoms with Crippen LogP contribution in [0, 0.1) is 17.3 Å². The number of nitrogens with zero attached hydrogens (tertiary/aromatic N) is 2. The number of carbonyl (C=O) groups excluding carboxylic acids is 8. The van der Waals surface area contributed by atoms with E-state index in [0.717, 1.165) is 40.8 Å². The van der Waals surface area contributed by atoms with Crippen molar-refractivity contribution in [2.24, 2.45) is 17.3 Å². The number of rotatable bonds is 9. The lowest BCUT2D eigenvalue weighted by molar-refractivity contribution is -0.385. The van der Waals surface area contributed by atoms with Gasteiger partial charge in [-0.2, -0.15) is 0 Å². The van der Waals surface area contributed by atoms with E-state index in [1.807, 2.05) is 0 Å². The van der Waals surface area contributed by atoms with E-state index in [9.17, 15) is 43.5 Å². The minimum absolute atomic E-state index is 0.0424. The molecule has 1 spiro atoms. The Hall–Kier alpha value is -6.80. The van der Waals surface area contributed by atoms with Crippen LogP contribution in [0.5, 0.6) is 0 Å². The number of carbonyl (C=O) groups is 8. The zero-order valence-electron chi connectivity index (χ0n) is 37.8. The molecule has 2 saturated carbocycles. The molecule has 20 nitrogen and oxygen atoms in total. The molecular weight excluding hydrogens is 881 g/mol. The Kier molecular flexibility index (Phi) is 13.0. The van der Waals surface area contributed by atoms with Crippen LogP contribution in [0.25, 0.3) is 0 Å². The maximum atomic E-state index is 14.8. The Balaban J connectivity index is 1.64. The smallest absolute Gasteiger partial charge is 0.340 e. The summed E-state index contributed by atoms with van der Waals surface area (Å²) in [6.07, 6.45) is -8.69. The van der Waals surface area contributed by atoms with Gasteiger partial charge >= 0.3 is 47.8 Å². The van der Waals surface area contributed by atoms with Crippen molar-refractivity contribution >= 4 is 47.8 Å². The SMILES string of the molecule is CC(=O)OC[C@]12[C@H](OC(C)=O)C(OC(C)=O)C3[C@@H](OC(=O)c4ccccc4)[C@@]14O[C@@]3(C)COC(=O)c1cccnc1C(C)C(C)C(=O)O[C@@H]([C@H](OC(=O)c1cccnc1)[C@@H]2OC(C)=O)[C@]4(C)O. The number of aromatic nitrogens is 2. The van der Waals surface area contributed by atoms with Crippen molar-refractivity contribution in [3.63, 3.8) is 0 Å². The topological polar surface area (TPSA) is 266 Å². The monoisotopic (exact) mass is 930 g/mol. The molecule has 2 aromatic heterocycles. The number of aliphatic hydroxyl groups is 1. The van der Waals surface area contributed by atoms with Gasteiger partial charge in [-0.3, -0.25) is 33.9 Å². The molecule has 4 heterocycles. The van der Waals surface area contributed by atoms with E-state index in [2.05, 4.69) is 9.97 Å². The van der Waals surface area contributed by atoms with Gasteiger partial charge < -0.3 is 47.7 Å². The first-order valence-corrected chi connectivity index (χ1v) is 21.4. The third kappa shape index (κ3) is 8.15. The Morgan fingerprint density at radius 1 is 0.716 bits per heavy atom. The molecule has 1 N–H and O–H groups in total. The Labute approximate surface area is 383 Å². The number of hydrogen-bond donors (Lipinski definition) is 1. The second-order valence-electron chi connectivity index (χ2n) is 17.5. The number of hydrogen-bond acceptors (Lipinski definition) is 20. The fraction of sp³-hybridized carbons (Fsp3) is 0.489. The molecule has 0 radical (unpaired) electrons. The molecule has 20 heteroatoms. The van der Waals surface area contributed by atoms with Gasteiger partial charge in [0.15, 0.2) is 30.0 Å². The van der Waals surface area contributed by atoms with E-state index in [1.165, 1.54) is 74.8 Å². The highest BCUT2D eigenvalue weighted by Crippen LogP contribution is 2.70. The predicted octanol–water partition coefficient (Wildman–Crippen LogP) is 3.02. The molecule has 4 aliphatic rings. The number of esters is 8. The van der Waals surface area contributed by atoms with E-state index in [-0.39, 0.29) is 22.4 Å². The molecule has 3 aromatic rings. The highest BCUT2D eigenvalue weighted by molar-refractivity contribution is 5.92. The Morgan fingerprint density at radius 3 is 1.94 bits per heavy atom. The van der Waals surface area contributed by atoms with Crippen LogP contribution in [-0.4, -0.2) is 129 Å². The second kappa shape index (κ2) is 18.1. The predicted molar refractivity (Wildman–Crippen MR) is 223 cm³/mol. The van der Waals surface area contributed by atoms with Crippen LogP contribution >= 0.6 is 0 Å². The lowest BCUT2D eigenvalue weighted by Crippen LogP contribution is -2.89. The van der Waals surface area contributed by atoms with Crippen molar-refractivity contribution in [3.05, 3.63) is 95.6 Å². The van der Waals surface area contributed by atoms with E-state index >= 15 is 0 Å². The maximum Gasteiger partial charge on any atom is 0.340 e. The van der Waals surface area contributed by atoms with Gasteiger partial charge in [-0.25, -0.2) is 14.4 Å². The van der Waals surface area contributed by atoms with Crippen LogP contribution in [0.4, 0.5) is 0 Å². The summed E-state index contributed by atoms with van der Waals surface area (Å²) in [5.74, 6) is -12.2. The van der Waals surface area contributed by atoms with Crippen LogP contribution in [0.2, 0.25) is 0 Å². The maximum absolute atomic E-state index is 14.8. The summed E-state index contributed by atoms with van der Waals surface area (Å²) in [5.41, 5.74) is -10.8. The molecule has 13 atom stereocenters. The zero-order valence-corrected chi connectivity index (χ0v) is 37.8. The third-order valence-electron chi connectivity index (χ3n) is 13.2. The normalized spacial score (nSPS) is 34.1. The summed E-state index contributed by atoms with van der Waals surface area (Å²) in [7, 11) is 0. The molecule has 4 bridgehead atoms. The van der Waals surface area contributed by atoms with Gasteiger partial charge in [-0.15, -0.1) is 0 Å². The van der Waals surface area contributed by atoms with Gasteiger partial charge in [0, 0.05) is 52.2 Å². The third-order valence-corrected chi connectivity index (χ3v) is 13.2. The number of fused-ring (bicyclic) bond motifs is 5. The minimum atomic E-state index is -2.94. The van der Waals surface area contributed by atoms with Crippen LogP contribution < -0.4 is 0 Å².